The molecule has 2 atom stereocenters. The van der Waals surface area contributed by atoms with E-state index in [4.69, 9.17) is 16.6 Å². The number of nitrogens with zero attached hydrogens (tertiary/aromatic N) is 3. The number of fused-ring (bicyclic) bond motifs is 3. The number of amides is 3. The average molecular weight is 560 g/mol. The fourth-order valence-electron chi connectivity index (χ4n) is 4.26. The highest BCUT2D eigenvalue weighted by Gasteiger charge is 2.43. The molecule has 3 amide bonds. The number of para-hydroxylation sites is 1. The van der Waals surface area contributed by atoms with Crippen LogP contribution >= 0.6 is 23.4 Å². The van der Waals surface area contributed by atoms with Gasteiger partial charge in [-0.05, 0) is 48.4 Å². The van der Waals surface area contributed by atoms with Crippen LogP contribution in [0.2, 0.25) is 5.02 Å². The number of rotatable bonds is 8. The average Bonchev–Trinajstić information content (AvgIpc) is 3.28. The summed E-state index contributed by atoms with van der Waals surface area (Å²) >= 11 is 7.16. The summed E-state index contributed by atoms with van der Waals surface area (Å²) in [6.07, 6.45) is 0.421. The van der Waals surface area contributed by atoms with Crippen LogP contribution < -0.4 is 10.6 Å². The zero-order chi connectivity index (χ0) is 27.4. The molecule has 2 aliphatic rings. The van der Waals surface area contributed by atoms with E-state index in [0.29, 0.717) is 45.9 Å². The predicted octanol–water partition coefficient (Wildman–Crippen LogP) is 5.16. The van der Waals surface area contributed by atoms with Crippen molar-refractivity contribution in [2.45, 2.75) is 37.6 Å². The Balaban J connectivity index is 1.33. The van der Waals surface area contributed by atoms with Gasteiger partial charge in [-0.1, -0.05) is 72.8 Å². The molecule has 0 aromatic heterocycles. The number of carbonyl (C=O) groups is 3. The highest BCUT2D eigenvalue weighted by atomic mass is 35.5. The van der Waals surface area contributed by atoms with Gasteiger partial charge in [-0.15, -0.1) is 0 Å². The number of hydrogen-bond donors (Lipinski definition) is 2. The Bertz CT molecular complexity index is 1460. The SMILES string of the molecule is CC[C@H](SC1=Nc2ccccc2C2=N[C@@H](CC(=O)NCc3ccccc3)C(=O)N12)C(=O)Nc1ccc(Cl)cc1. The molecule has 0 fully saturated rings. The minimum Gasteiger partial charge on any atom is -0.352 e. The summed E-state index contributed by atoms with van der Waals surface area (Å²) < 4.78 is 0. The number of carbonyl (C=O) groups excluding carboxylic acids is 3. The van der Waals surface area contributed by atoms with Crippen molar-refractivity contribution in [2.75, 3.05) is 5.32 Å². The van der Waals surface area contributed by atoms with Crippen molar-refractivity contribution in [1.29, 1.82) is 0 Å². The molecule has 0 spiro atoms. The summed E-state index contributed by atoms with van der Waals surface area (Å²) in [6.45, 7) is 2.27. The van der Waals surface area contributed by atoms with E-state index in [1.54, 1.807) is 24.3 Å². The van der Waals surface area contributed by atoms with Crippen LogP contribution in [0.25, 0.3) is 0 Å². The lowest BCUT2D eigenvalue weighted by Gasteiger charge is -2.27. The molecule has 10 heteroatoms. The van der Waals surface area contributed by atoms with Gasteiger partial charge in [-0.2, -0.15) is 0 Å². The summed E-state index contributed by atoms with van der Waals surface area (Å²) in [6, 6.07) is 23.0. The first-order valence-electron chi connectivity index (χ1n) is 12.6. The van der Waals surface area contributed by atoms with E-state index in [-0.39, 0.29) is 24.1 Å². The van der Waals surface area contributed by atoms with E-state index in [2.05, 4.69) is 15.6 Å². The zero-order valence-corrected chi connectivity index (χ0v) is 22.7. The lowest BCUT2D eigenvalue weighted by atomic mass is 10.1. The number of halogens is 1. The highest BCUT2D eigenvalue weighted by molar-refractivity contribution is 8.15. The van der Waals surface area contributed by atoms with Crippen molar-refractivity contribution in [3.05, 3.63) is 95.0 Å². The fraction of sp³-hybridized carbons (Fsp3) is 0.207. The molecule has 0 saturated heterocycles. The minimum absolute atomic E-state index is 0.0833. The third-order valence-corrected chi connectivity index (χ3v) is 7.85. The van der Waals surface area contributed by atoms with Crippen LogP contribution in [-0.4, -0.2) is 44.9 Å². The second kappa shape index (κ2) is 11.8. The third-order valence-electron chi connectivity index (χ3n) is 6.28. The zero-order valence-electron chi connectivity index (χ0n) is 21.1. The largest absolute Gasteiger partial charge is 0.352 e. The van der Waals surface area contributed by atoms with Gasteiger partial charge in [0.05, 0.1) is 17.4 Å². The fourth-order valence-corrected chi connectivity index (χ4v) is 5.41. The van der Waals surface area contributed by atoms with Crippen molar-refractivity contribution in [3.8, 4) is 0 Å². The summed E-state index contributed by atoms with van der Waals surface area (Å²) in [5.41, 5.74) is 2.96. The number of nitrogens with one attached hydrogen (secondary N) is 2. The van der Waals surface area contributed by atoms with Gasteiger partial charge in [0.2, 0.25) is 11.8 Å². The number of aliphatic imine (C=N–C) groups is 2. The molecule has 39 heavy (non-hydrogen) atoms. The van der Waals surface area contributed by atoms with E-state index < -0.39 is 11.3 Å². The molecule has 0 saturated carbocycles. The Morgan fingerprint density at radius 2 is 1.74 bits per heavy atom. The van der Waals surface area contributed by atoms with Gasteiger partial charge in [0.15, 0.2) is 5.17 Å². The van der Waals surface area contributed by atoms with Crippen LogP contribution in [0.4, 0.5) is 11.4 Å². The second-order valence-corrected chi connectivity index (χ2v) is 10.6. The molecular formula is C29H26ClN5O3S. The molecule has 0 unspecified atom stereocenters. The van der Waals surface area contributed by atoms with E-state index in [9.17, 15) is 14.4 Å². The lowest BCUT2D eigenvalue weighted by molar-refractivity contribution is -0.128. The van der Waals surface area contributed by atoms with E-state index in [1.165, 1.54) is 16.7 Å². The first kappa shape index (κ1) is 26.6. The van der Waals surface area contributed by atoms with Crippen LogP contribution in [0.3, 0.4) is 0 Å². The Hall–Kier alpha value is -3.95. The monoisotopic (exact) mass is 559 g/mol. The summed E-state index contributed by atoms with van der Waals surface area (Å²) in [4.78, 5) is 50.2. The Kier molecular flexibility index (Phi) is 8.09. The Morgan fingerprint density at radius 3 is 2.49 bits per heavy atom. The topological polar surface area (TPSA) is 103 Å². The number of amidine groups is 2. The van der Waals surface area contributed by atoms with Crippen molar-refractivity contribution < 1.29 is 14.4 Å². The van der Waals surface area contributed by atoms with Gasteiger partial charge in [0.25, 0.3) is 5.91 Å². The molecule has 3 aromatic rings. The highest BCUT2D eigenvalue weighted by Crippen LogP contribution is 2.36. The molecular weight excluding hydrogens is 534 g/mol. The lowest BCUT2D eigenvalue weighted by Crippen LogP contribution is -2.43. The van der Waals surface area contributed by atoms with Crippen molar-refractivity contribution >= 4 is 63.5 Å². The van der Waals surface area contributed by atoms with Crippen LogP contribution in [-0.2, 0) is 20.9 Å². The van der Waals surface area contributed by atoms with Crippen molar-refractivity contribution in [3.63, 3.8) is 0 Å². The molecule has 8 nitrogen and oxygen atoms in total. The molecule has 198 valence electrons. The number of anilines is 1. The molecule has 0 radical (unpaired) electrons. The van der Waals surface area contributed by atoms with Crippen molar-refractivity contribution in [2.24, 2.45) is 9.98 Å². The number of hydrogen-bond acceptors (Lipinski definition) is 6. The third kappa shape index (κ3) is 6.05. The van der Waals surface area contributed by atoms with Crippen LogP contribution in [0.15, 0.2) is 88.8 Å². The maximum Gasteiger partial charge on any atom is 0.259 e. The van der Waals surface area contributed by atoms with Gasteiger partial charge in [-0.25, -0.2) is 9.89 Å². The van der Waals surface area contributed by atoms with Crippen LogP contribution in [0.1, 0.15) is 30.9 Å². The molecule has 2 N–H and O–H groups in total. The van der Waals surface area contributed by atoms with Gasteiger partial charge in [0, 0.05) is 22.8 Å². The normalized spacial score (nSPS) is 16.5. The first-order valence-corrected chi connectivity index (χ1v) is 13.8. The first-order chi connectivity index (χ1) is 18.9. The Labute approximate surface area is 235 Å². The van der Waals surface area contributed by atoms with Crippen LogP contribution in [0.5, 0.6) is 0 Å². The van der Waals surface area contributed by atoms with Crippen molar-refractivity contribution in [1.82, 2.24) is 10.2 Å². The Morgan fingerprint density at radius 1 is 1.03 bits per heavy atom. The minimum atomic E-state index is -0.879. The predicted molar refractivity (Wildman–Crippen MR) is 155 cm³/mol. The van der Waals surface area contributed by atoms with Gasteiger partial charge >= 0.3 is 0 Å². The summed E-state index contributed by atoms with van der Waals surface area (Å²) in [7, 11) is 0. The molecule has 5 rings (SSSR count). The number of thioether (sulfide) groups is 1. The molecule has 0 bridgehead atoms. The van der Waals surface area contributed by atoms with E-state index in [1.807, 2.05) is 61.5 Å². The number of benzene rings is 3. The molecule has 0 aliphatic carbocycles. The van der Waals surface area contributed by atoms with E-state index >= 15 is 0 Å². The summed E-state index contributed by atoms with van der Waals surface area (Å²) in [5.74, 6) is -0.376. The van der Waals surface area contributed by atoms with Gasteiger partial charge in [-0.3, -0.25) is 19.4 Å². The summed E-state index contributed by atoms with van der Waals surface area (Å²) in [5, 5.41) is 6.19. The van der Waals surface area contributed by atoms with Crippen LogP contribution in [0, 0.1) is 0 Å². The van der Waals surface area contributed by atoms with Gasteiger partial charge in [0.1, 0.15) is 11.9 Å². The molecule has 2 heterocycles. The maximum atomic E-state index is 13.6. The smallest absolute Gasteiger partial charge is 0.259 e. The quantitative estimate of drug-likeness (QED) is 0.398. The van der Waals surface area contributed by atoms with E-state index in [0.717, 1.165) is 5.56 Å². The molecule has 2 aliphatic heterocycles. The second-order valence-electron chi connectivity index (χ2n) is 9.03. The van der Waals surface area contributed by atoms with Gasteiger partial charge < -0.3 is 10.6 Å². The molecule has 3 aromatic carbocycles. The standard InChI is InChI=1S/C29H26ClN5O3S/c1-2-24(27(37)32-20-14-12-19(30)13-15-20)39-29-34-22-11-7-6-10-21(22)26-33-23(28(38)35(26)29)16-25(36)31-17-18-8-4-3-5-9-18/h3-15,23-24H,2,16-17H2,1H3,(H,31,36)(H,32,37)/t23-,24-/m0/s1. The maximum absolute atomic E-state index is 13.6.